The van der Waals surface area contributed by atoms with Crippen LogP contribution in [0.15, 0.2) is 41.0 Å². The molecule has 2 rings (SSSR count). The number of amides is 1. The molecule has 1 aromatic carbocycles. The summed E-state index contributed by atoms with van der Waals surface area (Å²) in [5.41, 5.74) is 1.78. The summed E-state index contributed by atoms with van der Waals surface area (Å²) in [7, 11) is 0. The van der Waals surface area contributed by atoms with Crippen molar-refractivity contribution >= 4 is 33.5 Å². The van der Waals surface area contributed by atoms with Gasteiger partial charge in [-0.05, 0) is 52.7 Å². The molecule has 1 heterocycles. The second-order valence-corrected chi connectivity index (χ2v) is 5.21. The van der Waals surface area contributed by atoms with Crippen molar-refractivity contribution in [2.24, 2.45) is 0 Å². The molecule has 0 atom stereocenters. The highest BCUT2D eigenvalue weighted by molar-refractivity contribution is 9.10. The van der Waals surface area contributed by atoms with E-state index in [4.69, 9.17) is 5.11 Å². The quantitative estimate of drug-likeness (QED) is 0.901. The van der Waals surface area contributed by atoms with Gasteiger partial charge in [0, 0.05) is 10.7 Å². The highest BCUT2D eigenvalue weighted by atomic mass is 79.9. The van der Waals surface area contributed by atoms with Gasteiger partial charge in [0.2, 0.25) is 5.91 Å². The van der Waals surface area contributed by atoms with Crippen molar-refractivity contribution in [3.63, 3.8) is 0 Å². The van der Waals surface area contributed by atoms with Crippen LogP contribution in [0.3, 0.4) is 0 Å². The first-order valence-corrected chi connectivity index (χ1v) is 6.71. The summed E-state index contributed by atoms with van der Waals surface area (Å²) in [4.78, 5) is 22.9. The van der Waals surface area contributed by atoms with Gasteiger partial charge in [-0.3, -0.25) is 4.79 Å². The zero-order chi connectivity index (χ0) is 14.7. The predicted octanol–water partition coefficient (Wildman–Crippen LogP) is 2.90. The van der Waals surface area contributed by atoms with Crippen LogP contribution in [0.2, 0.25) is 0 Å². The standard InChI is InChI=1S/C14H13BrN2O3/c1-9-4-5-10(15)11(7-9)16-13(18)8-17-6-2-3-12(17)14(19)20/h2-7H,8H2,1H3,(H,16,18)(H,19,20). The number of halogens is 1. The van der Waals surface area contributed by atoms with Gasteiger partial charge in [-0.2, -0.15) is 0 Å². The van der Waals surface area contributed by atoms with Gasteiger partial charge in [-0.15, -0.1) is 0 Å². The number of carboxylic acids is 1. The van der Waals surface area contributed by atoms with Crippen molar-refractivity contribution in [1.29, 1.82) is 0 Å². The van der Waals surface area contributed by atoms with Crippen molar-refractivity contribution in [2.45, 2.75) is 13.5 Å². The first kappa shape index (κ1) is 14.3. The molecular weight excluding hydrogens is 324 g/mol. The number of aryl methyl sites for hydroxylation is 1. The average molecular weight is 337 g/mol. The number of carboxylic acid groups (broad SMARTS) is 1. The average Bonchev–Trinajstić information content (AvgIpc) is 2.82. The van der Waals surface area contributed by atoms with Crippen LogP contribution in [0.4, 0.5) is 5.69 Å². The number of carbonyl (C=O) groups excluding carboxylic acids is 1. The molecule has 2 aromatic rings. The lowest BCUT2D eigenvalue weighted by atomic mass is 10.2. The van der Waals surface area contributed by atoms with Crippen molar-refractivity contribution in [3.8, 4) is 0 Å². The Morgan fingerprint density at radius 3 is 2.80 bits per heavy atom. The Morgan fingerprint density at radius 2 is 2.10 bits per heavy atom. The molecule has 0 saturated carbocycles. The van der Waals surface area contributed by atoms with E-state index in [9.17, 15) is 9.59 Å². The molecule has 1 amide bonds. The molecule has 20 heavy (non-hydrogen) atoms. The molecule has 0 aliphatic rings. The molecule has 6 heteroatoms. The minimum atomic E-state index is -1.06. The number of nitrogens with zero attached hydrogens (tertiary/aromatic N) is 1. The zero-order valence-corrected chi connectivity index (χ0v) is 12.3. The second-order valence-electron chi connectivity index (χ2n) is 4.36. The van der Waals surface area contributed by atoms with E-state index >= 15 is 0 Å². The fraction of sp³-hybridized carbons (Fsp3) is 0.143. The minimum Gasteiger partial charge on any atom is -0.477 e. The van der Waals surface area contributed by atoms with Crippen molar-refractivity contribution in [2.75, 3.05) is 5.32 Å². The van der Waals surface area contributed by atoms with Crippen LogP contribution in [0.25, 0.3) is 0 Å². The summed E-state index contributed by atoms with van der Waals surface area (Å²) in [6, 6.07) is 8.67. The Morgan fingerprint density at radius 1 is 1.35 bits per heavy atom. The van der Waals surface area contributed by atoms with Crippen LogP contribution in [0.1, 0.15) is 16.1 Å². The van der Waals surface area contributed by atoms with Crippen molar-refractivity contribution in [1.82, 2.24) is 4.57 Å². The van der Waals surface area contributed by atoms with Gasteiger partial charge in [-0.25, -0.2) is 4.79 Å². The Balaban J connectivity index is 2.11. The molecule has 0 fully saturated rings. The Kier molecular flexibility index (Phi) is 4.24. The van der Waals surface area contributed by atoms with E-state index in [1.165, 1.54) is 10.6 Å². The molecule has 104 valence electrons. The minimum absolute atomic E-state index is 0.0466. The maximum Gasteiger partial charge on any atom is 0.352 e. The van der Waals surface area contributed by atoms with E-state index in [0.29, 0.717) is 5.69 Å². The number of rotatable bonds is 4. The number of carbonyl (C=O) groups is 2. The summed E-state index contributed by atoms with van der Waals surface area (Å²) in [5, 5.41) is 11.7. The van der Waals surface area contributed by atoms with Gasteiger partial charge in [0.05, 0.1) is 5.69 Å². The number of aromatic carboxylic acids is 1. The lowest BCUT2D eigenvalue weighted by Gasteiger charge is -2.10. The number of hydrogen-bond acceptors (Lipinski definition) is 2. The lowest BCUT2D eigenvalue weighted by Crippen LogP contribution is -2.21. The van der Waals surface area contributed by atoms with E-state index in [2.05, 4.69) is 21.2 Å². The smallest absolute Gasteiger partial charge is 0.352 e. The van der Waals surface area contributed by atoms with Gasteiger partial charge in [0.25, 0.3) is 0 Å². The van der Waals surface area contributed by atoms with Crippen LogP contribution >= 0.6 is 15.9 Å². The van der Waals surface area contributed by atoms with Gasteiger partial charge in [0.1, 0.15) is 12.2 Å². The van der Waals surface area contributed by atoms with Gasteiger partial charge < -0.3 is 15.0 Å². The third-order valence-electron chi connectivity index (χ3n) is 2.76. The summed E-state index contributed by atoms with van der Waals surface area (Å²) in [5.74, 6) is -1.34. The van der Waals surface area contributed by atoms with Crippen LogP contribution < -0.4 is 5.32 Å². The van der Waals surface area contributed by atoms with E-state index in [1.54, 1.807) is 12.3 Å². The van der Waals surface area contributed by atoms with E-state index in [1.807, 2.05) is 25.1 Å². The first-order chi connectivity index (χ1) is 9.47. The van der Waals surface area contributed by atoms with Crippen LogP contribution in [0.5, 0.6) is 0 Å². The van der Waals surface area contributed by atoms with Crippen LogP contribution in [-0.4, -0.2) is 21.6 Å². The number of aromatic nitrogens is 1. The first-order valence-electron chi connectivity index (χ1n) is 5.92. The highest BCUT2D eigenvalue weighted by Crippen LogP contribution is 2.23. The van der Waals surface area contributed by atoms with Crippen molar-refractivity contribution < 1.29 is 14.7 Å². The fourth-order valence-electron chi connectivity index (χ4n) is 1.83. The Labute approximate surface area is 124 Å². The van der Waals surface area contributed by atoms with Gasteiger partial charge in [-0.1, -0.05) is 6.07 Å². The van der Waals surface area contributed by atoms with Gasteiger partial charge >= 0.3 is 5.97 Å². The fourth-order valence-corrected chi connectivity index (χ4v) is 2.17. The summed E-state index contributed by atoms with van der Waals surface area (Å²) in [6.07, 6.45) is 1.56. The second kappa shape index (κ2) is 5.92. The van der Waals surface area contributed by atoms with Crippen LogP contribution in [-0.2, 0) is 11.3 Å². The number of benzene rings is 1. The third-order valence-corrected chi connectivity index (χ3v) is 3.45. The lowest BCUT2D eigenvalue weighted by molar-refractivity contribution is -0.116. The third kappa shape index (κ3) is 3.27. The molecule has 2 N–H and O–H groups in total. The molecule has 0 spiro atoms. The zero-order valence-electron chi connectivity index (χ0n) is 10.8. The predicted molar refractivity (Wildman–Crippen MR) is 78.9 cm³/mol. The maximum absolute atomic E-state index is 12.0. The molecule has 0 aliphatic carbocycles. The topological polar surface area (TPSA) is 71.3 Å². The normalized spacial score (nSPS) is 10.3. The molecule has 0 bridgehead atoms. The summed E-state index contributed by atoms with van der Waals surface area (Å²) in [6.45, 7) is 1.88. The number of nitrogens with one attached hydrogen (secondary N) is 1. The maximum atomic E-state index is 12.0. The molecule has 1 aromatic heterocycles. The monoisotopic (exact) mass is 336 g/mol. The van der Waals surface area contributed by atoms with E-state index in [-0.39, 0.29) is 18.1 Å². The van der Waals surface area contributed by atoms with Crippen molar-refractivity contribution in [3.05, 3.63) is 52.3 Å². The molecule has 0 aliphatic heterocycles. The molecule has 0 radical (unpaired) electrons. The number of hydrogen-bond donors (Lipinski definition) is 2. The summed E-state index contributed by atoms with van der Waals surface area (Å²) >= 11 is 3.36. The van der Waals surface area contributed by atoms with Gasteiger partial charge in [0.15, 0.2) is 0 Å². The molecule has 5 nitrogen and oxygen atoms in total. The van der Waals surface area contributed by atoms with E-state index < -0.39 is 5.97 Å². The largest absolute Gasteiger partial charge is 0.477 e. The molecule has 0 saturated heterocycles. The highest BCUT2D eigenvalue weighted by Gasteiger charge is 2.12. The van der Waals surface area contributed by atoms with Crippen LogP contribution in [0, 0.1) is 6.92 Å². The Hall–Kier alpha value is -2.08. The summed E-state index contributed by atoms with van der Waals surface area (Å²) < 4.78 is 2.17. The number of anilines is 1. The Bertz CT molecular complexity index is 664. The van der Waals surface area contributed by atoms with E-state index in [0.717, 1.165) is 10.0 Å². The SMILES string of the molecule is Cc1ccc(Br)c(NC(=O)Cn2cccc2C(=O)O)c1. The molecular formula is C14H13BrN2O3. The molecule has 0 unspecified atom stereocenters.